The highest BCUT2D eigenvalue weighted by Gasteiger charge is 2.17. The molecule has 2 aromatic rings. The van der Waals surface area contributed by atoms with Gasteiger partial charge in [-0.25, -0.2) is 13.6 Å². The Hall–Kier alpha value is -2.77. The fraction of sp³-hybridized carbons (Fsp3) is 0.238. The normalized spacial score (nSPS) is 14.3. The fourth-order valence-corrected chi connectivity index (χ4v) is 3.03. The molecule has 1 aliphatic heterocycles. The highest BCUT2D eigenvalue weighted by atomic mass is 35.5. The number of carbonyl (C=O) groups is 1. The number of benzene rings is 2. The van der Waals surface area contributed by atoms with E-state index in [4.69, 9.17) is 9.94 Å². The molecule has 0 atom stereocenters. The zero-order valence-corrected chi connectivity index (χ0v) is 16.4. The molecule has 2 aromatic carbocycles. The van der Waals surface area contributed by atoms with Crippen LogP contribution in [0.5, 0.6) is 0 Å². The van der Waals surface area contributed by atoms with Crippen molar-refractivity contribution in [1.82, 2.24) is 4.90 Å². The van der Waals surface area contributed by atoms with E-state index in [2.05, 4.69) is 5.16 Å². The van der Waals surface area contributed by atoms with Crippen molar-refractivity contribution in [2.45, 2.75) is 6.42 Å². The Balaban J connectivity index is 0.00000300. The van der Waals surface area contributed by atoms with Crippen LogP contribution in [-0.2, 0) is 9.63 Å². The second kappa shape index (κ2) is 10.7. The minimum absolute atomic E-state index is 0. The molecule has 29 heavy (non-hydrogen) atoms. The average molecular weight is 423 g/mol. The molecule has 0 fully saturated rings. The predicted molar refractivity (Wildman–Crippen MR) is 109 cm³/mol. The van der Waals surface area contributed by atoms with Crippen LogP contribution < -0.4 is 0 Å². The number of hydrogen-bond donors (Lipinski definition) is 1. The zero-order chi connectivity index (χ0) is 19.9. The summed E-state index contributed by atoms with van der Waals surface area (Å²) in [6.07, 6.45) is 3.92. The molecule has 3 rings (SSSR count). The minimum Gasteiger partial charge on any atom is -0.478 e. The second-order valence-corrected chi connectivity index (χ2v) is 6.38. The molecule has 0 saturated heterocycles. The molecule has 1 N–H and O–H groups in total. The third-order valence-corrected chi connectivity index (χ3v) is 4.45. The van der Waals surface area contributed by atoms with Gasteiger partial charge in [-0.1, -0.05) is 35.5 Å². The Morgan fingerprint density at radius 3 is 2.76 bits per heavy atom. The smallest absolute Gasteiger partial charge is 0.332 e. The summed E-state index contributed by atoms with van der Waals surface area (Å²) in [6.45, 7) is 2.01. The van der Waals surface area contributed by atoms with E-state index in [9.17, 15) is 13.6 Å². The summed E-state index contributed by atoms with van der Waals surface area (Å²) in [5, 5.41) is 13.0. The van der Waals surface area contributed by atoms with Gasteiger partial charge in [0.1, 0.15) is 18.2 Å². The van der Waals surface area contributed by atoms with Crippen molar-refractivity contribution in [3.63, 3.8) is 0 Å². The standard InChI is InChI=1S/C21H20F2N2O3.ClH/c22-17-7-8-19(20(23)12-17)18-6-2-1-4-15(18)13-24-28-11-10-25-9-3-5-16(14-25)21(26)27;/h1-2,4-8,12-13H,3,9-11,14H2,(H,26,27);1H/b24-13+;. The van der Waals surface area contributed by atoms with Crippen molar-refractivity contribution in [3.05, 3.63) is 71.3 Å². The summed E-state index contributed by atoms with van der Waals surface area (Å²) < 4.78 is 27.2. The van der Waals surface area contributed by atoms with Crippen molar-refractivity contribution < 1.29 is 23.5 Å². The van der Waals surface area contributed by atoms with Crippen LogP contribution in [-0.4, -0.2) is 48.4 Å². The molecule has 1 heterocycles. The third kappa shape index (κ3) is 6.10. The first-order chi connectivity index (χ1) is 13.5. The molecule has 0 bridgehead atoms. The number of hydrogen-bond acceptors (Lipinski definition) is 4. The Labute approximate surface area is 173 Å². The van der Waals surface area contributed by atoms with Crippen molar-refractivity contribution in [3.8, 4) is 11.1 Å². The van der Waals surface area contributed by atoms with E-state index in [0.717, 1.165) is 12.6 Å². The van der Waals surface area contributed by atoms with Gasteiger partial charge in [-0.15, -0.1) is 12.4 Å². The number of nitrogens with zero attached hydrogens (tertiary/aromatic N) is 2. The average Bonchev–Trinajstić information content (AvgIpc) is 2.68. The number of halogens is 3. The molecule has 0 aromatic heterocycles. The van der Waals surface area contributed by atoms with Crippen LogP contribution in [0.25, 0.3) is 11.1 Å². The molecule has 1 aliphatic rings. The maximum atomic E-state index is 14.1. The first-order valence-electron chi connectivity index (χ1n) is 8.89. The molecular weight excluding hydrogens is 402 g/mol. The van der Waals surface area contributed by atoms with Gasteiger partial charge >= 0.3 is 5.97 Å². The van der Waals surface area contributed by atoms with Gasteiger partial charge in [-0.05, 0) is 24.1 Å². The van der Waals surface area contributed by atoms with Crippen LogP contribution >= 0.6 is 12.4 Å². The van der Waals surface area contributed by atoms with Crippen LogP contribution in [0.3, 0.4) is 0 Å². The third-order valence-electron chi connectivity index (χ3n) is 4.45. The summed E-state index contributed by atoms with van der Waals surface area (Å²) in [5.41, 5.74) is 1.90. The Kier molecular flexibility index (Phi) is 8.30. The summed E-state index contributed by atoms with van der Waals surface area (Å²) in [5.74, 6) is -2.17. The molecular formula is C21H21ClF2N2O3. The van der Waals surface area contributed by atoms with E-state index < -0.39 is 17.6 Å². The summed E-state index contributed by atoms with van der Waals surface area (Å²) in [7, 11) is 0. The maximum absolute atomic E-state index is 14.1. The molecule has 154 valence electrons. The van der Waals surface area contributed by atoms with E-state index in [0.29, 0.717) is 42.8 Å². The van der Waals surface area contributed by atoms with E-state index in [1.54, 1.807) is 30.3 Å². The van der Waals surface area contributed by atoms with Crippen molar-refractivity contribution in [1.29, 1.82) is 0 Å². The Morgan fingerprint density at radius 2 is 2.00 bits per heavy atom. The monoisotopic (exact) mass is 422 g/mol. The van der Waals surface area contributed by atoms with Gasteiger partial charge in [0.25, 0.3) is 0 Å². The number of carboxylic acids is 1. The fourth-order valence-electron chi connectivity index (χ4n) is 3.03. The van der Waals surface area contributed by atoms with Crippen molar-refractivity contribution in [2.75, 3.05) is 26.2 Å². The first kappa shape index (κ1) is 22.5. The Morgan fingerprint density at radius 1 is 1.21 bits per heavy atom. The van der Waals surface area contributed by atoms with Gasteiger partial charge in [0.15, 0.2) is 0 Å². The van der Waals surface area contributed by atoms with E-state index in [-0.39, 0.29) is 18.0 Å². The van der Waals surface area contributed by atoms with Crippen molar-refractivity contribution in [2.24, 2.45) is 5.16 Å². The largest absolute Gasteiger partial charge is 0.478 e. The summed E-state index contributed by atoms with van der Waals surface area (Å²) in [6, 6.07) is 10.5. The highest BCUT2D eigenvalue weighted by molar-refractivity contribution is 5.90. The molecule has 0 spiro atoms. The molecule has 8 heteroatoms. The lowest BCUT2D eigenvalue weighted by molar-refractivity contribution is -0.133. The highest BCUT2D eigenvalue weighted by Crippen LogP contribution is 2.26. The number of rotatable bonds is 7. The first-order valence-corrected chi connectivity index (χ1v) is 8.89. The predicted octanol–water partition coefficient (Wildman–Crippen LogP) is 4.12. The van der Waals surface area contributed by atoms with Crippen molar-refractivity contribution >= 4 is 24.6 Å². The van der Waals surface area contributed by atoms with Gasteiger partial charge < -0.3 is 9.94 Å². The van der Waals surface area contributed by atoms with E-state index in [1.807, 2.05) is 4.90 Å². The van der Waals surface area contributed by atoms with Crippen LogP contribution in [0.4, 0.5) is 8.78 Å². The minimum atomic E-state index is -0.895. The maximum Gasteiger partial charge on any atom is 0.332 e. The number of aliphatic carboxylic acids is 1. The summed E-state index contributed by atoms with van der Waals surface area (Å²) in [4.78, 5) is 18.3. The lowest BCUT2D eigenvalue weighted by Crippen LogP contribution is -2.34. The topological polar surface area (TPSA) is 62.1 Å². The quantitative estimate of drug-likeness (QED) is 0.414. The lowest BCUT2D eigenvalue weighted by Gasteiger charge is -2.24. The Bertz CT molecular complexity index is 919. The van der Waals surface area contributed by atoms with Crippen LogP contribution in [0.1, 0.15) is 12.0 Å². The van der Waals surface area contributed by atoms with E-state index >= 15 is 0 Å². The number of oxime groups is 1. The van der Waals surface area contributed by atoms with Crippen LogP contribution in [0.15, 0.2) is 59.3 Å². The van der Waals surface area contributed by atoms with Gasteiger partial charge in [0.2, 0.25) is 0 Å². The van der Waals surface area contributed by atoms with Crippen LogP contribution in [0, 0.1) is 11.6 Å². The molecule has 0 amide bonds. The van der Waals surface area contributed by atoms with Gasteiger partial charge in [0.05, 0.1) is 6.21 Å². The molecule has 0 unspecified atom stereocenters. The molecule has 0 saturated carbocycles. The molecule has 0 radical (unpaired) electrons. The molecule has 5 nitrogen and oxygen atoms in total. The summed E-state index contributed by atoms with van der Waals surface area (Å²) >= 11 is 0. The van der Waals surface area contributed by atoms with Crippen LogP contribution in [0.2, 0.25) is 0 Å². The molecule has 0 aliphatic carbocycles. The second-order valence-electron chi connectivity index (χ2n) is 6.38. The SMILES string of the molecule is Cl.O=C(O)C1=CCCN(CCO/N=C/c2ccccc2-c2ccc(F)cc2F)C1. The van der Waals surface area contributed by atoms with Gasteiger partial charge in [-0.3, -0.25) is 4.90 Å². The zero-order valence-electron chi connectivity index (χ0n) is 15.6. The van der Waals surface area contributed by atoms with Gasteiger partial charge in [0, 0.05) is 42.4 Å². The van der Waals surface area contributed by atoms with Gasteiger partial charge in [-0.2, -0.15) is 0 Å². The van der Waals surface area contributed by atoms with E-state index in [1.165, 1.54) is 18.3 Å². The lowest BCUT2D eigenvalue weighted by atomic mass is 10.00. The number of carboxylic acid groups (broad SMARTS) is 1.